The SMILES string of the molecule is O=C(Nc1ccc(N2CCCN(Cc3ccoc3)CC2)nc1)c1ccc(F)cc1. The zero-order valence-electron chi connectivity index (χ0n) is 16.1. The first-order valence-electron chi connectivity index (χ1n) is 9.69. The molecule has 0 saturated carbocycles. The number of pyridine rings is 1. The summed E-state index contributed by atoms with van der Waals surface area (Å²) < 4.78 is 18.1. The lowest BCUT2D eigenvalue weighted by atomic mass is 10.2. The number of aromatic nitrogens is 1. The molecule has 0 atom stereocenters. The Hall–Kier alpha value is -3.19. The van der Waals surface area contributed by atoms with E-state index in [9.17, 15) is 9.18 Å². The number of carbonyl (C=O) groups is 1. The molecule has 2 aromatic heterocycles. The van der Waals surface area contributed by atoms with E-state index in [-0.39, 0.29) is 11.7 Å². The third-order valence-electron chi connectivity index (χ3n) is 5.01. The van der Waals surface area contributed by atoms with Crippen molar-refractivity contribution in [1.29, 1.82) is 0 Å². The molecule has 3 heterocycles. The summed E-state index contributed by atoms with van der Waals surface area (Å²) in [6.45, 7) is 4.72. The van der Waals surface area contributed by atoms with Gasteiger partial charge in [-0.05, 0) is 48.9 Å². The van der Waals surface area contributed by atoms with Crippen LogP contribution in [-0.2, 0) is 6.54 Å². The van der Waals surface area contributed by atoms with Gasteiger partial charge < -0.3 is 14.6 Å². The molecule has 1 fully saturated rings. The van der Waals surface area contributed by atoms with Gasteiger partial charge in [-0.1, -0.05) is 0 Å². The van der Waals surface area contributed by atoms with Crippen LogP contribution in [0.15, 0.2) is 65.6 Å². The molecule has 0 spiro atoms. The molecule has 1 aromatic carbocycles. The largest absolute Gasteiger partial charge is 0.472 e. The molecule has 0 unspecified atom stereocenters. The number of hydrogen-bond acceptors (Lipinski definition) is 5. The standard InChI is InChI=1S/C22H23FN4O2/c23-19-4-2-18(3-5-19)22(28)25-20-6-7-21(24-14-20)27-10-1-9-26(11-12-27)15-17-8-13-29-16-17/h2-8,13-14,16H,1,9-12,15H2,(H,25,28). The first-order chi connectivity index (χ1) is 14.2. The van der Waals surface area contributed by atoms with Crippen LogP contribution in [0.4, 0.5) is 15.9 Å². The molecule has 0 aliphatic carbocycles. The third-order valence-corrected chi connectivity index (χ3v) is 5.01. The van der Waals surface area contributed by atoms with Crippen molar-refractivity contribution in [1.82, 2.24) is 9.88 Å². The summed E-state index contributed by atoms with van der Waals surface area (Å²) in [5.74, 6) is 0.243. The van der Waals surface area contributed by atoms with Crippen molar-refractivity contribution in [3.63, 3.8) is 0 Å². The van der Waals surface area contributed by atoms with Gasteiger partial charge in [-0.3, -0.25) is 9.69 Å². The Morgan fingerprint density at radius 1 is 1.07 bits per heavy atom. The average molecular weight is 394 g/mol. The Kier molecular flexibility index (Phi) is 5.86. The van der Waals surface area contributed by atoms with Crippen LogP contribution in [-0.4, -0.2) is 42.0 Å². The number of furan rings is 1. The molecule has 4 rings (SSSR count). The van der Waals surface area contributed by atoms with Gasteiger partial charge in [0.05, 0.1) is 24.4 Å². The molecular weight excluding hydrogens is 371 g/mol. The quantitative estimate of drug-likeness (QED) is 0.714. The Balaban J connectivity index is 1.33. The van der Waals surface area contributed by atoms with Gasteiger partial charge in [0.15, 0.2) is 0 Å². The van der Waals surface area contributed by atoms with E-state index in [0.29, 0.717) is 11.3 Å². The minimum atomic E-state index is -0.367. The van der Waals surface area contributed by atoms with Crippen LogP contribution in [0.5, 0.6) is 0 Å². The monoisotopic (exact) mass is 394 g/mol. The highest BCUT2D eigenvalue weighted by Crippen LogP contribution is 2.18. The number of rotatable bonds is 5. The highest BCUT2D eigenvalue weighted by molar-refractivity contribution is 6.04. The van der Waals surface area contributed by atoms with Crippen molar-refractivity contribution in [3.8, 4) is 0 Å². The topological polar surface area (TPSA) is 61.6 Å². The van der Waals surface area contributed by atoms with E-state index in [4.69, 9.17) is 4.42 Å². The van der Waals surface area contributed by atoms with Crippen LogP contribution in [0.1, 0.15) is 22.3 Å². The van der Waals surface area contributed by atoms with E-state index in [0.717, 1.165) is 45.0 Å². The summed E-state index contributed by atoms with van der Waals surface area (Å²) in [5, 5.41) is 2.79. The molecule has 1 aliphatic rings. The van der Waals surface area contributed by atoms with E-state index < -0.39 is 0 Å². The maximum absolute atomic E-state index is 13.0. The van der Waals surface area contributed by atoms with E-state index in [1.54, 1.807) is 18.7 Å². The molecule has 29 heavy (non-hydrogen) atoms. The number of anilines is 2. The number of nitrogens with zero attached hydrogens (tertiary/aromatic N) is 3. The molecule has 6 nitrogen and oxygen atoms in total. The van der Waals surface area contributed by atoms with Crippen molar-refractivity contribution in [2.75, 3.05) is 36.4 Å². The lowest BCUT2D eigenvalue weighted by Crippen LogP contribution is -2.30. The second kappa shape index (κ2) is 8.87. The lowest BCUT2D eigenvalue weighted by Gasteiger charge is -2.22. The smallest absolute Gasteiger partial charge is 0.255 e. The predicted octanol–water partition coefficient (Wildman–Crippen LogP) is 3.78. The third kappa shape index (κ3) is 5.00. The molecule has 150 valence electrons. The molecule has 0 bridgehead atoms. The van der Waals surface area contributed by atoms with Crippen molar-refractivity contribution in [2.45, 2.75) is 13.0 Å². The van der Waals surface area contributed by atoms with E-state index in [2.05, 4.69) is 20.1 Å². The first kappa shape index (κ1) is 19.1. The fraction of sp³-hybridized carbons (Fsp3) is 0.273. The number of nitrogens with one attached hydrogen (secondary N) is 1. The normalized spacial score (nSPS) is 15.1. The lowest BCUT2D eigenvalue weighted by molar-refractivity contribution is 0.102. The predicted molar refractivity (Wildman–Crippen MR) is 109 cm³/mol. The summed E-state index contributed by atoms with van der Waals surface area (Å²) in [4.78, 5) is 21.4. The number of amides is 1. The van der Waals surface area contributed by atoms with Crippen LogP contribution in [0.25, 0.3) is 0 Å². The highest BCUT2D eigenvalue weighted by Gasteiger charge is 2.17. The molecule has 1 aliphatic heterocycles. The summed E-state index contributed by atoms with van der Waals surface area (Å²) in [6, 6.07) is 11.2. The zero-order chi connectivity index (χ0) is 20.1. The van der Waals surface area contributed by atoms with Crippen LogP contribution in [0, 0.1) is 5.82 Å². The average Bonchev–Trinajstić information content (AvgIpc) is 3.13. The van der Waals surface area contributed by atoms with Crippen molar-refractivity contribution >= 4 is 17.4 Å². The van der Waals surface area contributed by atoms with Crippen LogP contribution in [0.3, 0.4) is 0 Å². The highest BCUT2D eigenvalue weighted by atomic mass is 19.1. The number of halogens is 1. The van der Waals surface area contributed by atoms with Gasteiger partial charge in [0.1, 0.15) is 11.6 Å². The van der Waals surface area contributed by atoms with Crippen LogP contribution in [0.2, 0.25) is 0 Å². The van der Waals surface area contributed by atoms with Crippen molar-refractivity contribution in [3.05, 3.63) is 78.1 Å². The van der Waals surface area contributed by atoms with Gasteiger partial charge in [-0.2, -0.15) is 0 Å². The maximum atomic E-state index is 13.0. The maximum Gasteiger partial charge on any atom is 0.255 e. The summed E-state index contributed by atoms with van der Waals surface area (Å²) in [6.07, 6.45) is 6.22. The molecule has 1 N–H and O–H groups in total. The van der Waals surface area contributed by atoms with Gasteiger partial charge in [-0.15, -0.1) is 0 Å². The summed E-state index contributed by atoms with van der Waals surface area (Å²) in [7, 11) is 0. The van der Waals surface area contributed by atoms with Crippen LogP contribution >= 0.6 is 0 Å². The molecule has 3 aromatic rings. The first-order valence-corrected chi connectivity index (χ1v) is 9.69. The van der Waals surface area contributed by atoms with Crippen LogP contribution < -0.4 is 10.2 Å². The van der Waals surface area contributed by atoms with Gasteiger partial charge >= 0.3 is 0 Å². The van der Waals surface area contributed by atoms with E-state index >= 15 is 0 Å². The number of carbonyl (C=O) groups excluding carboxylic acids is 1. The van der Waals surface area contributed by atoms with Gasteiger partial charge in [0.25, 0.3) is 5.91 Å². The van der Waals surface area contributed by atoms with Gasteiger partial charge in [0, 0.05) is 43.9 Å². The van der Waals surface area contributed by atoms with Gasteiger partial charge in [-0.25, -0.2) is 9.37 Å². The Morgan fingerprint density at radius 2 is 1.93 bits per heavy atom. The Bertz CT molecular complexity index is 926. The molecule has 1 saturated heterocycles. The van der Waals surface area contributed by atoms with Crippen molar-refractivity contribution < 1.29 is 13.6 Å². The van der Waals surface area contributed by atoms with Crippen molar-refractivity contribution in [2.24, 2.45) is 0 Å². The minimum absolute atomic E-state index is 0.288. The summed E-state index contributed by atoms with van der Waals surface area (Å²) in [5.41, 5.74) is 2.21. The second-order valence-electron chi connectivity index (χ2n) is 7.11. The molecular formula is C22H23FN4O2. The Labute approximate surface area is 169 Å². The minimum Gasteiger partial charge on any atom is -0.472 e. The van der Waals surface area contributed by atoms with Gasteiger partial charge in [0.2, 0.25) is 0 Å². The number of benzene rings is 1. The fourth-order valence-corrected chi connectivity index (χ4v) is 3.45. The molecule has 7 heteroatoms. The molecule has 0 radical (unpaired) electrons. The zero-order valence-corrected chi connectivity index (χ0v) is 16.1. The summed E-state index contributed by atoms with van der Waals surface area (Å²) >= 11 is 0. The second-order valence-corrected chi connectivity index (χ2v) is 7.11. The number of hydrogen-bond donors (Lipinski definition) is 1. The fourth-order valence-electron chi connectivity index (χ4n) is 3.45. The van der Waals surface area contributed by atoms with E-state index in [1.165, 1.54) is 29.8 Å². The molecule has 1 amide bonds. The Morgan fingerprint density at radius 3 is 2.66 bits per heavy atom. The van der Waals surface area contributed by atoms with E-state index in [1.807, 2.05) is 18.2 Å².